The number of pyridine rings is 1. The first-order valence-corrected chi connectivity index (χ1v) is 4.95. The molecule has 1 heterocycles. The maximum absolute atomic E-state index is 12.7. The van der Waals surface area contributed by atoms with Crippen molar-refractivity contribution in [2.45, 2.75) is 12.3 Å². The Labute approximate surface area is 101 Å². The van der Waals surface area contributed by atoms with Gasteiger partial charge >= 0.3 is 5.97 Å². The van der Waals surface area contributed by atoms with Crippen LogP contribution in [0.1, 0.15) is 33.7 Å². The van der Waals surface area contributed by atoms with E-state index in [9.17, 15) is 13.6 Å². The molecule has 0 fully saturated rings. The molecule has 0 N–H and O–H groups in total. The number of rotatable bonds is 3. The molecule has 0 bridgehead atoms. The second-order valence-corrected chi connectivity index (χ2v) is 3.23. The Balaban J connectivity index is 3.47. The lowest BCUT2D eigenvalue weighted by molar-refractivity contribution is 0.0581. The van der Waals surface area contributed by atoms with Gasteiger partial charge in [0.05, 0.1) is 29.8 Å². The lowest BCUT2D eigenvalue weighted by atomic mass is 10.1. The minimum atomic E-state index is -2.92. The van der Waals surface area contributed by atoms with E-state index in [1.807, 2.05) is 0 Å². The molecule has 0 unspecified atom stereocenters. The van der Waals surface area contributed by atoms with Crippen molar-refractivity contribution in [1.82, 2.24) is 4.98 Å². The van der Waals surface area contributed by atoms with Gasteiger partial charge in [-0.1, -0.05) is 0 Å². The number of carbonyl (C=O) groups excluding carboxylic acids is 1. The summed E-state index contributed by atoms with van der Waals surface area (Å²) < 4.78 is 29.7. The van der Waals surface area contributed by atoms with Crippen molar-refractivity contribution >= 4 is 17.6 Å². The van der Waals surface area contributed by atoms with Crippen LogP contribution in [0.3, 0.4) is 0 Å². The highest BCUT2D eigenvalue weighted by atomic mass is 35.5. The van der Waals surface area contributed by atoms with Gasteiger partial charge in [0, 0.05) is 0 Å². The highest BCUT2D eigenvalue weighted by molar-refractivity contribution is 6.17. The van der Waals surface area contributed by atoms with Crippen molar-refractivity contribution in [3.63, 3.8) is 0 Å². The van der Waals surface area contributed by atoms with Crippen molar-refractivity contribution in [3.8, 4) is 6.07 Å². The minimum absolute atomic E-state index is 0.0685. The zero-order valence-corrected chi connectivity index (χ0v) is 9.46. The SMILES string of the molecule is COC(=O)c1nc(CCl)c(C#N)cc1C(F)F. The van der Waals surface area contributed by atoms with Gasteiger partial charge in [0.2, 0.25) is 0 Å². The molecule has 1 rings (SSSR count). The summed E-state index contributed by atoms with van der Waals surface area (Å²) in [6, 6.07) is 2.60. The van der Waals surface area contributed by atoms with E-state index in [0.717, 1.165) is 13.2 Å². The number of nitrogens with zero attached hydrogens (tertiary/aromatic N) is 2. The number of nitriles is 1. The van der Waals surface area contributed by atoms with Crippen LogP contribution in [-0.2, 0) is 10.6 Å². The van der Waals surface area contributed by atoms with Crippen LogP contribution in [0.4, 0.5) is 8.78 Å². The molecule has 0 saturated carbocycles. The molecular formula is C10H7ClF2N2O2. The Hall–Kier alpha value is -1.74. The van der Waals surface area contributed by atoms with E-state index < -0.39 is 23.7 Å². The fourth-order valence-corrected chi connectivity index (χ4v) is 1.40. The Kier molecular flexibility index (Phi) is 4.35. The quantitative estimate of drug-likeness (QED) is 0.618. The summed E-state index contributed by atoms with van der Waals surface area (Å²) >= 11 is 5.51. The number of alkyl halides is 3. The third-order valence-electron chi connectivity index (χ3n) is 1.99. The van der Waals surface area contributed by atoms with Gasteiger partial charge in [-0.3, -0.25) is 0 Å². The van der Waals surface area contributed by atoms with E-state index in [0.29, 0.717) is 0 Å². The molecular weight excluding hydrogens is 254 g/mol. The van der Waals surface area contributed by atoms with Crippen LogP contribution in [0.5, 0.6) is 0 Å². The molecule has 0 aliphatic heterocycles. The molecule has 0 aromatic carbocycles. The molecule has 0 aliphatic rings. The normalized spacial score (nSPS) is 10.1. The Morgan fingerprint density at radius 3 is 2.76 bits per heavy atom. The average Bonchev–Trinajstić information content (AvgIpc) is 2.35. The number of esters is 1. The van der Waals surface area contributed by atoms with Crippen LogP contribution in [0.25, 0.3) is 0 Å². The smallest absolute Gasteiger partial charge is 0.357 e. The van der Waals surface area contributed by atoms with E-state index >= 15 is 0 Å². The Morgan fingerprint density at radius 1 is 1.71 bits per heavy atom. The molecule has 0 saturated heterocycles. The monoisotopic (exact) mass is 260 g/mol. The van der Waals surface area contributed by atoms with Gasteiger partial charge < -0.3 is 4.74 Å². The van der Waals surface area contributed by atoms with Gasteiger partial charge in [-0.25, -0.2) is 18.6 Å². The van der Waals surface area contributed by atoms with Crippen LogP contribution in [-0.4, -0.2) is 18.1 Å². The second kappa shape index (κ2) is 5.55. The lowest BCUT2D eigenvalue weighted by Gasteiger charge is -2.09. The number of carbonyl (C=O) groups is 1. The molecule has 17 heavy (non-hydrogen) atoms. The first-order valence-electron chi connectivity index (χ1n) is 4.41. The number of hydrogen-bond acceptors (Lipinski definition) is 4. The van der Waals surface area contributed by atoms with Gasteiger partial charge in [0.15, 0.2) is 5.69 Å². The lowest BCUT2D eigenvalue weighted by Crippen LogP contribution is -2.12. The number of methoxy groups -OCH3 is 1. The van der Waals surface area contributed by atoms with Gasteiger partial charge in [0.1, 0.15) is 6.07 Å². The van der Waals surface area contributed by atoms with Crippen LogP contribution in [0.15, 0.2) is 6.07 Å². The van der Waals surface area contributed by atoms with Crippen molar-refractivity contribution in [1.29, 1.82) is 5.26 Å². The zero-order chi connectivity index (χ0) is 13.0. The molecule has 7 heteroatoms. The number of halogens is 3. The van der Waals surface area contributed by atoms with Crippen LogP contribution < -0.4 is 0 Å². The minimum Gasteiger partial charge on any atom is -0.464 e. The molecule has 0 atom stereocenters. The molecule has 4 nitrogen and oxygen atoms in total. The summed E-state index contributed by atoms with van der Waals surface area (Å²) in [4.78, 5) is 14.9. The summed E-state index contributed by atoms with van der Waals surface area (Å²) in [5.41, 5.74) is -1.17. The zero-order valence-electron chi connectivity index (χ0n) is 8.71. The highest BCUT2D eigenvalue weighted by Crippen LogP contribution is 2.25. The maximum atomic E-state index is 12.7. The molecule has 0 aliphatic carbocycles. The Morgan fingerprint density at radius 2 is 2.35 bits per heavy atom. The van der Waals surface area contributed by atoms with E-state index in [1.54, 1.807) is 6.07 Å². The van der Waals surface area contributed by atoms with Gasteiger partial charge in [-0.2, -0.15) is 5.26 Å². The fourth-order valence-electron chi connectivity index (χ4n) is 1.19. The number of hydrogen-bond donors (Lipinski definition) is 0. The largest absolute Gasteiger partial charge is 0.464 e. The summed E-state index contributed by atoms with van der Waals surface area (Å²) in [6.07, 6.45) is -2.92. The van der Waals surface area contributed by atoms with Crippen molar-refractivity contribution in [2.75, 3.05) is 7.11 Å². The average molecular weight is 261 g/mol. The summed E-state index contributed by atoms with van der Waals surface area (Å²) in [7, 11) is 1.05. The van der Waals surface area contributed by atoms with Crippen LogP contribution in [0.2, 0.25) is 0 Å². The standard InChI is InChI=1S/C10H7ClF2N2O2/c1-17-10(16)8-6(9(12)13)2-5(4-14)7(3-11)15-8/h2,9H,3H2,1H3. The third-order valence-corrected chi connectivity index (χ3v) is 2.24. The van der Waals surface area contributed by atoms with Gasteiger partial charge in [-0.05, 0) is 6.07 Å². The first kappa shape index (κ1) is 13.3. The second-order valence-electron chi connectivity index (χ2n) is 2.96. The topological polar surface area (TPSA) is 63.0 Å². The summed E-state index contributed by atoms with van der Waals surface area (Å²) in [6.45, 7) is 0. The summed E-state index contributed by atoms with van der Waals surface area (Å²) in [5.74, 6) is -1.15. The third kappa shape index (κ3) is 2.68. The van der Waals surface area contributed by atoms with Gasteiger partial charge in [0.25, 0.3) is 6.43 Å². The van der Waals surface area contributed by atoms with Crippen molar-refractivity contribution in [2.24, 2.45) is 0 Å². The summed E-state index contributed by atoms with van der Waals surface area (Å²) in [5, 5.41) is 8.73. The molecule has 90 valence electrons. The van der Waals surface area contributed by atoms with E-state index in [-0.39, 0.29) is 17.1 Å². The molecule has 0 spiro atoms. The van der Waals surface area contributed by atoms with Crippen molar-refractivity contribution < 1.29 is 18.3 Å². The van der Waals surface area contributed by atoms with E-state index in [2.05, 4.69) is 9.72 Å². The molecule has 1 aromatic heterocycles. The number of aromatic nitrogens is 1. The fraction of sp³-hybridized carbons (Fsp3) is 0.300. The molecule has 0 amide bonds. The van der Waals surface area contributed by atoms with E-state index in [4.69, 9.17) is 16.9 Å². The van der Waals surface area contributed by atoms with Crippen molar-refractivity contribution in [3.05, 3.63) is 28.6 Å². The predicted octanol–water partition coefficient (Wildman–Crippen LogP) is 2.42. The van der Waals surface area contributed by atoms with E-state index in [1.165, 1.54) is 0 Å². The number of ether oxygens (including phenoxy) is 1. The molecule has 1 aromatic rings. The maximum Gasteiger partial charge on any atom is 0.357 e. The predicted molar refractivity (Wildman–Crippen MR) is 54.8 cm³/mol. The first-order chi connectivity index (χ1) is 8.04. The van der Waals surface area contributed by atoms with Gasteiger partial charge in [-0.15, -0.1) is 11.6 Å². The van der Waals surface area contributed by atoms with Crippen LogP contribution in [0, 0.1) is 11.3 Å². The Bertz CT molecular complexity index is 486. The van der Waals surface area contributed by atoms with Crippen LogP contribution >= 0.6 is 11.6 Å². The highest BCUT2D eigenvalue weighted by Gasteiger charge is 2.23. The molecule has 0 radical (unpaired) electrons.